The van der Waals surface area contributed by atoms with E-state index in [0.29, 0.717) is 11.8 Å². The first-order chi connectivity index (χ1) is 13.6. The fraction of sp³-hybridized carbons (Fsp3) is 0.250. The van der Waals surface area contributed by atoms with E-state index in [9.17, 15) is 0 Å². The molecule has 0 aliphatic rings. The largest absolute Gasteiger partial charge is 0.466 e. The average Bonchev–Trinajstić information content (AvgIpc) is 2.67. The maximum atomic E-state index is 8.88. The van der Waals surface area contributed by atoms with Gasteiger partial charge in [0, 0.05) is 0 Å². The Bertz CT molecular complexity index is 967. The molecule has 0 spiro atoms. The third kappa shape index (κ3) is 6.95. The second-order valence-corrected chi connectivity index (χ2v) is 8.60. The number of rotatable bonds is 4. The van der Waals surface area contributed by atoms with Gasteiger partial charge in [0.15, 0.2) is 0 Å². The third-order valence-electron chi connectivity index (χ3n) is 4.65. The first-order valence-electron chi connectivity index (χ1n) is 9.65. The molecule has 0 bridgehead atoms. The van der Waals surface area contributed by atoms with Crippen LogP contribution in [0.15, 0.2) is 72.8 Å². The molecule has 0 heterocycles. The molecule has 0 atom stereocenters. The van der Waals surface area contributed by atoms with E-state index in [0.717, 1.165) is 0 Å². The molecule has 4 nitrogen and oxygen atoms in total. The highest BCUT2D eigenvalue weighted by Crippen LogP contribution is 2.35. The lowest BCUT2D eigenvalue weighted by Crippen LogP contribution is -1.99. The summed E-state index contributed by atoms with van der Waals surface area (Å²) < 4.78 is 8.88. The fourth-order valence-electron chi connectivity index (χ4n) is 3.37. The van der Waals surface area contributed by atoms with Crippen LogP contribution >= 0.6 is 7.82 Å². The first kappa shape index (κ1) is 23.1. The highest BCUT2D eigenvalue weighted by atomic mass is 31.2. The van der Waals surface area contributed by atoms with Gasteiger partial charge in [-0.25, -0.2) is 4.57 Å². The Morgan fingerprint density at radius 3 is 1.55 bits per heavy atom. The molecule has 0 aliphatic heterocycles. The SMILES string of the molecule is CC(C)c1ccc(-c2ccccc2-c2ccccc2)cc1C(C)C.O=P(O)(O)O. The number of hydrogen-bond donors (Lipinski definition) is 3. The van der Waals surface area contributed by atoms with Gasteiger partial charge in [0.05, 0.1) is 0 Å². The van der Waals surface area contributed by atoms with Gasteiger partial charge < -0.3 is 14.7 Å². The van der Waals surface area contributed by atoms with Gasteiger partial charge in [-0.1, -0.05) is 100 Å². The predicted octanol–water partition coefficient (Wildman–Crippen LogP) is 6.34. The van der Waals surface area contributed by atoms with Crippen LogP contribution in [0.3, 0.4) is 0 Å². The van der Waals surface area contributed by atoms with Gasteiger partial charge in [0.2, 0.25) is 0 Å². The van der Waals surface area contributed by atoms with Gasteiger partial charge in [-0.05, 0) is 45.2 Å². The van der Waals surface area contributed by atoms with Crippen LogP contribution in [0.5, 0.6) is 0 Å². The molecule has 0 saturated carbocycles. The zero-order chi connectivity index (χ0) is 21.6. The smallest absolute Gasteiger partial charge is 0.303 e. The van der Waals surface area contributed by atoms with E-state index in [1.807, 2.05) is 0 Å². The number of hydrogen-bond acceptors (Lipinski definition) is 1. The van der Waals surface area contributed by atoms with Crippen molar-refractivity contribution in [1.82, 2.24) is 0 Å². The lowest BCUT2D eigenvalue weighted by molar-refractivity contribution is 0.275. The van der Waals surface area contributed by atoms with Crippen LogP contribution in [0.4, 0.5) is 0 Å². The van der Waals surface area contributed by atoms with Crippen molar-refractivity contribution in [2.75, 3.05) is 0 Å². The fourth-order valence-corrected chi connectivity index (χ4v) is 3.37. The third-order valence-corrected chi connectivity index (χ3v) is 4.65. The number of phosphoric acid groups is 1. The quantitative estimate of drug-likeness (QED) is 0.437. The molecule has 3 rings (SSSR count). The minimum atomic E-state index is -4.64. The summed E-state index contributed by atoms with van der Waals surface area (Å²) in [7, 11) is -4.64. The second kappa shape index (κ2) is 10.00. The van der Waals surface area contributed by atoms with Crippen LogP contribution in [-0.2, 0) is 4.57 Å². The van der Waals surface area contributed by atoms with Crippen molar-refractivity contribution in [3.8, 4) is 22.3 Å². The molecule has 0 unspecified atom stereocenters. The van der Waals surface area contributed by atoms with Crippen LogP contribution in [0.25, 0.3) is 22.3 Å². The van der Waals surface area contributed by atoms with E-state index in [2.05, 4.69) is 100 Å². The number of benzene rings is 3. The molecule has 0 saturated heterocycles. The summed E-state index contributed by atoms with van der Waals surface area (Å²) in [5, 5.41) is 0. The highest BCUT2D eigenvalue weighted by molar-refractivity contribution is 7.45. The molecule has 3 N–H and O–H groups in total. The lowest BCUT2D eigenvalue weighted by atomic mass is 9.86. The second-order valence-electron chi connectivity index (χ2n) is 7.58. The Kier molecular flexibility index (Phi) is 7.95. The zero-order valence-electron chi connectivity index (χ0n) is 17.3. The lowest BCUT2D eigenvalue weighted by Gasteiger charge is -2.18. The minimum absolute atomic E-state index is 0.534. The molecule has 0 fully saturated rings. The van der Waals surface area contributed by atoms with E-state index in [1.165, 1.54) is 33.4 Å². The molecule has 0 amide bonds. The molecule has 29 heavy (non-hydrogen) atoms. The molecule has 5 heteroatoms. The Labute approximate surface area is 173 Å². The summed E-state index contributed by atoms with van der Waals surface area (Å²) >= 11 is 0. The van der Waals surface area contributed by atoms with Gasteiger partial charge in [-0.3, -0.25) is 0 Å². The van der Waals surface area contributed by atoms with E-state index in [-0.39, 0.29) is 0 Å². The molecular weight excluding hydrogens is 383 g/mol. The molecular formula is C24H29O4P. The highest BCUT2D eigenvalue weighted by Gasteiger charge is 2.13. The average molecular weight is 412 g/mol. The molecule has 0 aromatic heterocycles. The van der Waals surface area contributed by atoms with Crippen LogP contribution in [-0.4, -0.2) is 14.7 Å². The Balaban J connectivity index is 0.000000537. The van der Waals surface area contributed by atoms with Crippen LogP contribution in [0.2, 0.25) is 0 Å². The molecule has 0 radical (unpaired) electrons. The summed E-state index contributed by atoms with van der Waals surface area (Å²) in [5.74, 6) is 1.09. The topological polar surface area (TPSA) is 77.8 Å². The summed E-state index contributed by atoms with van der Waals surface area (Å²) in [5.41, 5.74) is 8.11. The normalized spacial score (nSPS) is 11.3. The molecule has 3 aromatic rings. The van der Waals surface area contributed by atoms with Crippen LogP contribution < -0.4 is 0 Å². The van der Waals surface area contributed by atoms with E-state index < -0.39 is 7.82 Å². The van der Waals surface area contributed by atoms with Crippen LogP contribution in [0.1, 0.15) is 50.7 Å². The van der Waals surface area contributed by atoms with Crippen molar-refractivity contribution in [2.24, 2.45) is 0 Å². The Hall–Kier alpha value is -2.23. The van der Waals surface area contributed by atoms with Gasteiger partial charge >= 0.3 is 7.82 Å². The van der Waals surface area contributed by atoms with Crippen molar-refractivity contribution in [2.45, 2.75) is 39.5 Å². The summed E-state index contributed by atoms with van der Waals surface area (Å²) in [6, 6.07) is 26.3. The summed E-state index contributed by atoms with van der Waals surface area (Å²) in [6.45, 7) is 9.12. The summed E-state index contributed by atoms with van der Waals surface area (Å²) in [6.07, 6.45) is 0. The van der Waals surface area contributed by atoms with Gasteiger partial charge in [-0.15, -0.1) is 0 Å². The first-order valence-corrected chi connectivity index (χ1v) is 11.2. The maximum absolute atomic E-state index is 8.88. The minimum Gasteiger partial charge on any atom is -0.303 e. The Morgan fingerprint density at radius 1 is 0.621 bits per heavy atom. The van der Waals surface area contributed by atoms with E-state index in [1.54, 1.807) is 0 Å². The van der Waals surface area contributed by atoms with Crippen molar-refractivity contribution >= 4 is 7.82 Å². The van der Waals surface area contributed by atoms with Gasteiger partial charge in [0.25, 0.3) is 0 Å². The van der Waals surface area contributed by atoms with Gasteiger partial charge in [-0.2, -0.15) is 0 Å². The van der Waals surface area contributed by atoms with Crippen LogP contribution in [0, 0.1) is 0 Å². The standard InChI is InChI=1S/C24H26.H3O4P/c1-17(2)21-15-14-20(16-24(21)18(3)4)23-13-9-8-12-22(23)19-10-6-5-7-11-19;1-5(2,3)4/h5-18H,1-4H3;(H3,1,2,3,4). The maximum Gasteiger partial charge on any atom is 0.466 e. The van der Waals surface area contributed by atoms with Crippen molar-refractivity contribution in [3.05, 3.63) is 83.9 Å². The van der Waals surface area contributed by atoms with E-state index in [4.69, 9.17) is 19.2 Å². The Morgan fingerprint density at radius 2 is 1.07 bits per heavy atom. The molecule has 154 valence electrons. The monoisotopic (exact) mass is 412 g/mol. The predicted molar refractivity (Wildman–Crippen MR) is 120 cm³/mol. The zero-order valence-corrected chi connectivity index (χ0v) is 18.2. The van der Waals surface area contributed by atoms with Crippen molar-refractivity contribution in [3.63, 3.8) is 0 Å². The van der Waals surface area contributed by atoms with Crippen molar-refractivity contribution in [1.29, 1.82) is 0 Å². The summed E-state index contributed by atoms with van der Waals surface area (Å²) in [4.78, 5) is 21.6. The van der Waals surface area contributed by atoms with E-state index >= 15 is 0 Å². The molecule has 3 aromatic carbocycles. The van der Waals surface area contributed by atoms with Gasteiger partial charge in [0.1, 0.15) is 0 Å². The van der Waals surface area contributed by atoms with Crippen molar-refractivity contribution < 1.29 is 19.2 Å². The molecule has 0 aliphatic carbocycles.